The zero-order valence-electron chi connectivity index (χ0n) is 13.3. The lowest BCUT2D eigenvalue weighted by molar-refractivity contribution is 0.0740. The van der Waals surface area contributed by atoms with E-state index in [1.54, 1.807) is 17.0 Å². The van der Waals surface area contributed by atoms with E-state index in [0.29, 0.717) is 36.7 Å². The molecular weight excluding hydrogens is 264 g/mol. The minimum atomic E-state index is -0.0741. The van der Waals surface area contributed by atoms with Crippen LogP contribution in [0.1, 0.15) is 30.6 Å². The van der Waals surface area contributed by atoms with Gasteiger partial charge in [0.25, 0.3) is 5.91 Å². The van der Waals surface area contributed by atoms with Crippen LogP contribution in [-0.4, -0.2) is 38.0 Å². The predicted molar refractivity (Wildman–Crippen MR) is 86.2 cm³/mol. The molecule has 1 aromatic carbocycles. The molecule has 0 aromatic heterocycles. The Morgan fingerprint density at radius 2 is 2.05 bits per heavy atom. The van der Waals surface area contributed by atoms with Crippen molar-refractivity contribution < 1.29 is 4.79 Å². The Hall–Kier alpha value is -2.22. The van der Waals surface area contributed by atoms with Crippen molar-refractivity contribution in [1.29, 1.82) is 5.26 Å². The van der Waals surface area contributed by atoms with Crippen molar-refractivity contribution >= 4 is 17.3 Å². The molecule has 1 aromatic rings. The molecule has 5 nitrogen and oxygen atoms in total. The average molecular weight is 288 g/mol. The molecule has 0 bridgehead atoms. The molecular formula is C16H24N4O. The van der Waals surface area contributed by atoms with Crippen molar-refractivity contribution in [1.82, 2.24) is 4.90 Å². The average Bonchev–Trinajstić information content (AvgIpc) is 2.41. The van der Waals surface area contributed by atoms with E-state index in [1.165, 1.54) is 0 Å². The predicted octanol–water partition coefficient (Wildman–Crippen LogP) is 2.35. The number of hydrogen-bond acceptors (Lipinski definition) is 4. The molecule has 114 valence electrons. The highest BCUT2D eigenvalue weighted by atomic mass is 16.2. The molecule has 0 saturated carbocycles. The first-order valence-corrected chi connectivity index (χ1v) is 7.10. The maximum Gasteiger partial charge on any atom is 0.256 e. The third kappa shape index (κ3) is 4.67. The number of nitrogens with two attached hydrogens (primary N) is 1. The molecule has 0 aliphatic heterocycles. The lowest BCUT2D eigenvalue weighted by Crippen LogP contribution is -2.35. The van der Waals surface area contributed by atoms with E-state index in [0.717, 1.165) is 5.69 Å². The fourth-order valence-corrected chi connectivity index (χ4v) is 2.19. The molecule has 0 saturated heterocycles. The van der Waals surface area contributed by atoms with Crippen LogP contribution in [0, 0.1) is 17.2 Å². The summed E-state index contributed by atoms with van der Waals surface area (Å²) in [5, 5.41) is 8.77. The molecule has 0 aliphatic carbocycles. The van der Waals surface area contributed by atoms with Crippen molar-refractivity contribution in [2.75, 3.05) is 37.8 Å². The number of hydrogen-bond donors (Lipinski definition) is 1. The summed E-state index contributed by atoms with van der Waals surface area (Å²) in [6.45, 7) is 5.18. The Bertz CT molecular complexity index is 532. The Morgan fingerprint density at radius 3 is 2.57 bits per heavy atom. The molecule has 0 unspecified atom stereocenters. The zero-order chi connectivity index (χ0) is 16.0. The van der Waals surface area contributed by atoms with Gasteiger partial charge in [0, 0.05) is 38.6 Å². The standard InChI is InChI=1S/C16H24N4O/c1-12(2)11-20(9-5-8-17)16(21)14-10-13(18)6-7-15(14)19(3)4/h6-7,10,12H,5,9,11,18H2,1-4H3. The van der Waals surface area contributed by atoms with E-state index in [4.69, 9.17) is 11.0 Å². The number of amides is 1. The van der Waals surface area contributed by atoms with Gasteiger partial charge in [0.1, 0.15) is 0 Å². The molecule has 0 radical (unpaired) electrons. The first-order chi connectivity index (χ1) is 9.86. The van der Waals surface area contributed by atoms with Crippen molar-refractivity contribution in [2.45, 2.75) is 20.3 Å². The van der Waals surface area contributed by atoms with E-state index < -0.39 is 0 Å². The molecule has 1 rings (SSSR count). The lowest BCUT2D eigenvalue weighted by atomic mass is 10.1. The quantitative estimate of drug-likeness (QED) is 0.815. The Kier molecular flexibility index (Phi) is 6.04. The number of rotatable bonds is 6. The van der Waals surface area contributed by atoms with Crippen LogP contribution in [0.3, 0.4) is 0 Å². The van der Waals surface area contributed by atoms with Crippen molar-refractivity contribution in [3.63, 3.8) is 0 Å². The van der Waals surface area contributed by atoms with Gasteiger partial charge in [-0.2, -0.15) is 5.26 Å². The van der Waals surface area contributed by atoms with Crippen LogP contribution in [0.5, 0.6) is 0 Å². The minimum Gasteiger partial charge on any atom is -0.399 e. The van der Waals surface area contributed by atoms with Crippen LogP contribution in [0.4, 0.5) is 11.4 Å². The molecule has 21 heavy (non-hydrogen) atoms. The summed E-state index contributed by atoms with van der Waals surface area (Å²) in [4.78, 5) is 16.4. The number of carbonyl (C=O) groups excluding carboxylic acids is 1. The van der Waals surface area contributed by atoms with Crippen molar-refractivity contribution in [3.05, 3.63) is 23.8 Å². The first kappa shape index (κ1) is 16.8. The normalized spacial score (nSPS) is 10.3. The molecule has 5 heteroatoms. The number of anilines is 2. The molecule has 0 fully saturated rings. The number of nitriles is 1. The third-order valence-electron chi connectivity index (χ3n) is 3.10. The molecule has 1 amide bonds. The van der Waals surface area contributed by atoms with Crippen LogP contribution in [0.2, 0.25) is 0 Å². The summed E-state index contributed by atoms with van der Waals surface area (Å²) in [5.74, 6) is 0.270. The van der Waals surface area contributed by atoms with E-state index in [1.807, 2.05) is 25.1 Å². The SMILES string of the molecule is CC(C)CN(CCC#N)C(=O)c1cc(N)ccc1N(C)C. The van der Waals surface area contributed by atoms with Gasteiger partial charge in [-0.15, -0.1) is 0 Å². The van der Waals surface area contributed by atoms with Crippen LogP contribution < -0.4 is 10.6 Å². The van der Waals surface area contributed by atoms with E-state index in [-0.39, 0.29) is 5.91 Å². The fraction of sp³-hybridized carbons (Fsp3) is 0.500. The van der Waals surface area contributed by atoms with E-state index >= 15 is 0 Å². The fourth-order valence-electron chi connectivity index (χ4n) is 2.19. The summed E-state index contributed by atoms with van der Waals surface area (Å²) in [6.07, 6.45) is 0.331. The van der Waals surface area contributed by atoms with Gasteiger partial charge >= 0.3 is 0 Å². The molecule has 0 heterocycles. The third-order valence-corrected chi connectivity index (χ3v) is 3.10. The number of carbonyl (C=O) groups is 1. The maximum atomic E-state index is 12.8. The monoisotopic (exact) mass is 288 g/mol. The lowest BCUT2D eigenvalue weighted by Gasteiger charge is -2.26. The Labute approximate surface area is 126 Å². The second-order valence-electron chi connectivity index (χ2n) is 5.72. The summed E-state index contributed by atoms with van der Waals surface area (Å²) in [5.41, 5.74) is 7.80. The molecule has 0 atom stereocenters. The van der Waals surface area contributed by atoms with Gasteiger partial charge in [0.05, 0.1) is 18.1 Å². The smallest absolute Gasteiger partial charge is 0.256 e. The summed E-state index contributed by atoms with van der Waals surface area (Å²) in [7, 11) is 3.79. The maximum absolute atomic E-state index is 12.8. The number of nitrogens with zero attached hydrogens (tertiary/aromatic N) is 3. The number of benzene rings is 1. The van der Waals surface area contributed by atoms with Gasteiger partial charge in [0.15, 0.2) is 0 Å². The molecule has 0 spiro atoms. The topological polar surface area (TPSA) is 73.4 Å². The minimum absolute atomic E-state index is 0.0741. The van der Waals surface area contributed by atoms with Crippen LogP contribution in [-0.2, 0) is 0 Å². The summed E-state index contributed by atoms with van der Waals surface area (Å²) >= 11 is 0. The van der Waals surface area contributed by atoms with Crippen molar-refractivity contribution in [2.24, 2.45) is 5.92 Å². The highest BCUT2D eigenvalue weighted by molar-refractivity contribution is 6.00. The van der Waals surface area contributed by atoms with Gasteiger partial charge in [-0.3, -0.25) is 4.79 Å². The highest BCUT2D eigenvalue weighted by Gasteiger charge is 2.20. The summed E-state index contributed by atoms with van der Waals surface area (Å²) in [6, 6.07) is 7.44. The van der Waals surface area contributed by atoms with E-state index in [2.05, 4.69) is 19.9 Å². The molecule has 2 N–H and O–H groups in total. The first-order valence-electron chi connectivity index (χ1n) is 7.10. The van der Waals surface area contributed by atoms with Crippen molar-refractivity contribution in [3.8, 4) is 6.07 Å². The number of nitrogen functional groups attached to an aromatic ring is 1. The Morgan fingerprint density at radius 1 is 1.38 bits per heavy atom. The second kappa shape index (κ2) is 7.53. The van der Waals surface area contributed by atoms with Gasteiger partial charge in [0.2, 0.25) is 0 Å². The van der Waals surface area contributed by atoms with Crippen LogP contribution >= 0.6 is 0 Å². The van der Waals surface area contributed by atoms with Gasteiger partial charge < -0.3 is 15.5 Å². The largest absolute Gasteiger partial charge is 0.399 e. The van der Waals surface area contributed by atoms with Gasteiger partial charge in [-0.05, 0) is 24.1 Å². The van der Waals surface area contributed by atoms with Crippen LogP contribution in [0.25, 0.3) is 0 Å². The zero-order valence-corrected chi connectivity index (χ0v) is 13.3. The highest BCUT2D eigenvalue weighted by Crippen LogP contribution is 2.23. The van der Waals surface area contributed by atoms with Gasteiger partial charge in [-0.25, -0.2) is 0 Å². The second-order valence-corrected chi connectivity index (χ2v) is 5.72. The van der Waals surface area contributed by atoms with Crippen LogP contribution in [0.15, 0.2) is 18.2 Å². The summed E-state index contributed by atoms with van der Waals surface area (Å²) < 4.78 is 0. The van der Waals surface area contributed by atoms with Gasteiger partial charge in [-0.1, -0.05) is 13.8 Å². The van der Waals surface area contributed by atoms with E-state index in [9.17, 15) is 4.79 Å². The molecule has 0 aliphatic rings. The Balaban J connectivity index is 3.13.